The van der Waals surface area contributed by atoms with E-state index in [0.29, 0.717) is 12.6 Å². The summed E-state index contributed by atoms with van der Waals surface area (Å²) in [6.45, 7) is 0.647. The van der Waals surface area contributed by atoms with Gasteiger partial charge in [0.1, 0.15) is 11.9 Å². The van der Waals surface area contributed by atoms with Crippen LogP contribution in [0.15, 0.2) is 42.5 Å². The number of nitriles is 1. The van der Waals surface area contributed by atoms with E-state index in [2.05, 4.69) is 29.6 Å². The van der Waals surface area contributed by atoms with Crippen molar-refractivity contribution in [3.63, 3.8) is 0 Å². The summed E-state index contributed by atoms with van der Waals surface area (Å²) in [6.07, 6.45) is 3.44. The molecule has 0 heterocycles. The highest BCUT2D eigenvalue weighted by Crippen LogP contribution is 2.29. The molecule has 0 aromatic heterocycles. The van der Waals surface area contributed by atoms with Gasteiger partial charge in [0.2, 0.25) is 0 Å². The molecule has 0 aliphatic heterocycles. The fourth-order valence-corrected chi connectivity index (χ4v) is 2.98. The standard InChI is InChI=1S/C18H17FN2/c19-17-9-8-13(10-15(17)11-20)12-21-18-7-3-5-14-4-1-2-6-16(14)18/h1-2,4,6,8-10,18,21H,3,5,7,12H2. The summed E-state index contributed by atoms with van der Waals surface area (Å²) < 4.78 is 13.3. The van der Waals surface area contributed by atoms with Crippen LogP contribution in [0.5, 0.6) is 0 Å². The van der Waals surface area contributed by atoms with Crippen LogP contribution < -0.4 is 5.32 Å². The first-order chi connectivity index (χ1) is 10.3. The Kier molecular flexibility index (Phi) is 3.98. The van der Waals surface area contributed by atoms with E-state index in [1.807, 2.05) is 6.07 Å². The van der Waals surface area contributed by atoms with E-state index in [1.54, 1.807) is 12.1 Å². The van der Waals surface area contributed by atoms with Crippen molar-refractivity contribution in [3.05, 3.63) is 70.5 Å². The maximum absolute atomic E-state index is 13.3. The zero-order valence-electron chi connectivity index (χ0n) is 11.8. The Hall–Kier alpha value is -2.18. The molecule has 1 aliphatic rings. The fraction of sp³-hybridized carbons (Fsp3) is 0.278. The van der Waals surface area contributed by atoms with E-state index in [-0.39, 0.29) is 5.56 Å². The van der Waals surface area contributed by atoms with Crippen molar-refractivity contribution in [1.82, 2.24) is 5.32 Å². The summed E-state index contributed by atoms with van der Waals surface area (Å²) in [5, 5.41) is 12.4. The third-order valence-corrected chi connectivity index (χ3v) is 4.07. The summed E-state index contributed by atoms with van der Waals surface area (Å²) in [7, 11) is 0. The largest absolute Gasteiger partial charge is 0.306 e. The number of hydrogen-bond donors (Lipinski definition) is 1. The van der Waals surface area contributed by atoms with Crippen LogP contribution in [0.25, 0.3) is 0 Å². The molecular formula is C18H17FN2. The molecule has 1 atom stereocenters. The van der Waals surface area contributed by atoms with Crippen molar-refractivity contribution in [2.24, 2.45) is 0 Å². The Balaban J connectivity index is 1.73. The normalized spacial score (nSPS) is 17.0. The Morgan fingerprint density at radius 3 is 2.95 bits per heavy atom. The van der Waals surface area contributed by atoms with Crippen molar-refractivity contribution in [2.75, 3.05) is 0 Å². The minimum absolute atomic E-state index is 0.110. The summed E-state index contributed by atoms with van der Waals surface area (Å²) in [6, 6.07) is 15.5. The number of hydrogen-bond acceptors (Lipinski definition) is 2. The predicted octanol–water partition coefficient (Wildman–Crippen LogP) is 3.86. The highest BCUT2D eigenvalue weighted by atomic mass is 19.1. The van der Waals surface area contributed by atoms with Gasteiger partial charge in [-0.2, -0.15) is 5.26 Å². The van der Waals surface area contributed by atoms with Crippen LogP contribution in [0.2, 0.25) is 0 Å². The average molecular weight is 280 g/mol. The number of nitrogens with zero attached hydrogens (tertiary/aromatic N) is 1. The molecule has 1 aliphatic carbocycles. The minimum atomic E-state index is -0.454. The average Bonchev–Trinajstić information content (AvgIpc) is 2.54. The molecule has 21 heavy (non-hydrogen) atoms. The van der Waals surface area contributed by atoms with Crippen molar-refractivity contribution < 1.29 is 4.39 Å². The molecule has 3 rings (SSSR count). The quantitative estimate of drug-likeness (QED) is 0.926. The SMILES string of the molecule is N#Cc1cc(CNC2CCCc3ccccc32)ccc1F. The predicted molar refractivity (Wildman–Crippen MR) is 80.1 cm³/mol. The highest BCUT2D eigenvalue weighted by Gasteiger charge is 2.19. The number of benzene rings is 2. The molecular weight excluding hydrogens is 263 g/mol. The lowest BCUT2D eigenvalue weighted by atomic mass is 9.87. The molecule has 1 N–H and O–H groups in total. The van der Waals surface area contributed by atoms with E-state index < -0.39 is 5.82 Å². The molecule has 0 amide bonds. The lowest BCUT2D eigenvalue weighted by Gasteiger charge is -2.26. The van der Waals surface area contributed by atoms with E-state index in [9.17, 15) is 4.39 Å². The molecule has 2 aromatic carbocycles. The fourth-order valence-electron chi connectivity index (χ4n) is 2.98. The highest BCUT2D eigenvalue weighted by molar-refractivity contribution is 5.35. The van der Waals surface area contributed by atoms with E-state index >= 15 is 0 Å². The van der Waals surface area contributed by atoms with E-state index in [1.165, 1.54) is 23.6 Å². The van der Waals surface area contributed by atoms with Gasteiger partial charge in [0, 0.05) is 12.6 Å². The van der Waals surface area contributed by atoms with Gasteiger partial charge in [0.15, 0.2) is 0 Å². The first-order valence-electron chi connectivity index (χ1n) is 7.27. The van der Waals surface area contributed by atoms with Crippen molar-refractivity contribution in [2.45, 2.75) is 31.8 Å². The second-order valence-electron chi connectivity index (χ2n) is 5.45. The summed E-state index contributed by atoms with van der Waals surface area (Å²) >= 11 is 0. The molecule has 106 valence electrons. The minimum Gasteiger partial charge on any atom is -0.306 e. The second kappa shape index (κ2) is 6.07. The van der Waals surface area contributed by atoms with Crippen LogP contribution in [0.1, 0.15) is 41.1 Å². The lowest BCUT2D eigenvalue weighted by molar-refractivity contribution is 0.459. The summed E-state index contributed by atoms with van der Waals surface area (Å²) in [5.74, 6) is -0.454. The van der Waals surface area contributed by atoms with Crippen molar-refractivity contribution >= 4 is 0 Å². The van der Waals surface area contributed by atoms with Crippen molar-refractivity contribution in [1.29, 1.82) is 5.26 Å². The van der Waals surface area contributed by atoms with Gasteiger partial charge in [-0.3, -0.25) is 0 Å². The van der Waals surface area contributed by atoms with Gasteiger partial charge < -0.3 is 5.32 Å². The molecule has 3 heteroatoms. The molecule has 0 spiro atoms. The summed E-state index contributed by atoms with van der Waals surface area (Å²) in [5.41, 5.74) is 3.83. The lowest BCUT2D eigenvalue weighted by Crippen LogP contribution is -2.24. The number of halogens is 1. The second-order valence-corrected chi connectivity index (χ2v) is 5.45. The monoisotopic (exact) mass is 280 g/mol. The van der Waals surface area contributed by atoms with Gasteiger partial charge in [-0.05, 0) is 48.1 Å². The number of fused-ring (bicyclic) bond motifs is 1. The Bertz CT molecular complexity index is 688. The first kappa shape index (κ1) is 13.8. The Morgan fingerprint density at radius 2 is 2.10 bits per heavy atom. The van der Waals surface area contributed by atoms with Crippen LogP contribution in [0.4, 0.5) is 4.39 Å². The Labute approximate surface area is 124 Å². The van der Waals surface area contributed by atoms with Gasteiger partial charge in [-0.15, -0.1) is 0 Å². The van der Waals surface area contributed by atoms with Gasteiger partial charge in [-0.1, -0.05) is 30.3 Å². The van der Waals surface area contributed by atoms with Crippen LogP contribution in [0.3, 0.4) is 0 Å². The molecule has 2 nitrogen and oxygen atoms in total. The van der Waals surface area contributed by atoms with Crippen LogP contribution in [-0.4, -0.2) is 0 Å². The molecule has 0 radical (unpaired) electrons. The maximum atomic E-state index is 13.3. The summed E-state index contributed by atoms with van der Waals surface area (Å²) in [4.78, 5) is 0. The van der Waals surface area contributed by atoms with Crippen molar-refractivity contribution in [3.8, 4) is 6.07 Å². The van der Waals surface area contributed by atoms with Crippen LogP contribution in [-0.2, 0) is 13.0 Å². The molecule has 0 bridgehead atoms. The zero-order valence-corrected chi connectivity index (χ0v) is 11.8. The van der Waals surface area contributed by atoms with E-state index in [0.717, 1.165) is 18.4 Å². The smallest absolute Gasteiger partial charge is 0.140 e. The van der Waals surface area contributed by atoms with Gasteiger partial charge in [0.05, 0.1) is 5.56 Å². The molecule has 0 saturated carbocycles. The first-order valence-corrected chi connectivity index (χ1v) is 7.27. The zero-order chi connectivity index (χ0) is 14.7. The Morgan fingerprint density at radius 1 is 1.24 bits per heavy atom. The van der Waals surface area contributed by atoms with Crippen LogP contribution >= 0.6 is 0 Å². The molecule has 0 saturated heterocycles. The number of aryl methyl sites for hydroxylation is 1. The van der Waals surface area contributed by atoms with Gasteiger partial charge >= 0.3 is 0 Å². The molecule has 2 aromatic rings. The van der Waals surface area contributed by atoms with Gasteiger partial charge in [0.25, 0.3) is 0 Å². The van der Waals surface area contributed by atoms with Gasteiger partial charge in [-0.25, -0.2) is 4.39 Å². The van der Waals surface area contributed by atoms with E-state index in [4.69, 9.17) is 5.26 Å². The topological polar surface area (TPSA) is 35.8 Å². The number of nitrogens with one attached hydrogen (secondary N) is 1. The third-order valence-electron chi connectivity index (χ3n) is 4.07. The molecule has 0 fully saturated rings. The third kappa shape index (κ3) is 2.96. The number of rotatable bonds is 3. The van der Waals surface area contributed by atoms with Crippen LogP contribution in [0, 0.1) is 17.1 Å². The maximum Gasteiger partial charge on any atom is 0.140 e. The molecule has 1 unspecified atom stereocenters.